The standard InChI is InChI=1S/C22H20ClN3O3S2/c23-20-11-12-21(30-20)31(28,29)24-16-7-5-15(6-8-16)22(27)26-14-13-25(17-9-10-17)18-3-1-2-4-19(18)26/h1-8,11-12,17,24H,9-10,13-14H2. The molecule has 0 radical (unpaired) electrons. The van der Waals surface area contributed by atoms with E-state index >= 15 is 0 Å². The smallest absolute Gasteiger partial charge is 0.271 e. The molecule has 1 aliphatic heterocycles. The Hall–Kier alpha value is -2.55. The number of anilines is 3. The number of hydrogen-bond acceptors (Lipinski definition) is 5. The zero-order chi connectivity index (χ0) is 21.6. The Kier molecular flexibility index (Phi) is 5.16. The number of sulfonamides is 1. The minimum atomic E-state index is -3.71. The van der Waals surface area contributed by atoms with Crippen molar-refractivity contribution in [2.45, 2.75) is 23.1 Å². The highest BCUT2D eigenvalue weighted by Crippen LogP contribution is 2.40. The third-order valence-electron chi connectivity index (χ3n) is 5.48. The van der Waals surface area contributed by atoms with Gasteiger partial charge in [-0.15, -0.1) is 11.3 Å². The van der Waals surface area contributed by atoms with Crippen molar-refractivity contribution < 1.29 is 13.2 Å². The summed E-state index contributed by atoms with van der Waals surface area (Å²) in [7, 11) is -3.71. The van der Waals surface area contributed by atoms with Gasteiger partial charge in [0, 0.05) is 30.4 Å². The van der Waals surface area contributed by atoms with Crippen LogP contribution in [-0.4, -0.2) is 33.5 Å². The number of carbonyl (C=O) groups excluding carboxylic acids is 1. The molecule has 1 aliphatic carbocycles. The first-order chi connectivity index (χ1) is 14.9. The van der Waals surface area contributed by atoms with Crippen LogP contribution in [-0.2, 0) is 10.0 Å². The quantitative estimate of drug-likeness (QED) is 0.576. The molecule has 6 nitrogen and oxygen atoms in total. The van der Waals surface area contributed by atoms with Crippen molar-refractivity contribution in [2.75, 3.05) is 27.6 Å². The Balaban J connectivity index is 1.35. The minimum Gasteiger partial charge on any atom is -0.365 e. The summed E-state index contributed by atoms with van der Waals surface area (Å²) < 4.78 is 28.0. The molecule has 1 amide bonds. The lowest BCUT2D eigenvalue weighted by Crippen LogP contribution is -2.45. The van der Waals surface area contributed by atoms with Crippen molar-refractivity contribution in [2.24, 2.45) is 0 Å². The first kappa shape index (κ1) is 20.4. The van der Waals surface area contributed by atoms with Crippen LogP contribution in [0.3, 0.4) is 0 Å². The maximum absolute atomic E-state index is 13.2. The maximum atomic E-state index is 13.2. The highest BCUT2D eigenvalue weighted by molar-refractivity contribution is 7.94. The molecule has 1 fully saturated rings. The van der Waals surface area contributed by atoms with Gasteiger partial charge in [0.15, 0.2) is 0 Å². The van der Waals surface area contributed by atoms with Gasteiger partial charge in [-0.3, -0.25) is 9.52 Å². The van der Waals surface area contributed by atoms with Crippen LogP contribution in [0, 0.1) is 0 Å². The third kappa shape index (κ3) is 4.03. The molecule has 2 aromatic carbocycles. The molecule has 1 aromatic heterocycles. The van der Waals surface area contributed by atoms with E-state index in [9.17, 15) is 13.2 Å². The zero-order valence-electron chi connectivity index (χ0n) is 16.5. The summed E-state index contributed by atoms with van der Waals surface area (Å²) >= 11 is 6.84. The van der Waals surface area contributed by atoms with Gasteiger partial charge in [0.05, 0.1) is 15.7 Å². The lowest BCUT2D eigenvalue weighted by Gasteiger charge is -2.38. The maximum Gasteiger partial charge on any atom is 0.271 e. The van der Waals surface area contributed by atoms with Gasteiger partial charge in [0.25, 0.3) is 15.9 Å². The number of fused-ring (bicyclic) bond motifs is 1. The summed E-state index contributed by atoms with van der Waals surface area (Å²) in [6.07, 6.45) is 2.41. The Labute approximate surface area is 190 Å². The van der Waals surface area contributed by atoms with Crippen LogP contribution >= 0.6 is 22.9 Å². The molecule has 1 N–H and O–H groups in total. The molecule has 3 aromatic rings. The van der Waals surface area contributed by atoms with Crippen LogP contribution in [0.15, 0.2) is 64.9 Å². The van der Waals surface area contributed by atoms with E-state index in [1.165, 1.54) is 18.9 Å². The normalized spacial score (nSPS) is 16.2. The molecular weight excluding hydrogens is 454 g/mol. The fourth-order valence-electron chi connectivity index (χ4n) is 3.84. The second kappa shape index (κ2) is 7.85. The third-order valence-corrected chi connectivity index (χ3v) is 8.58. The average molecular weight is 474 g/mol. The SMILES string of the molecule is O=C(c1ccc(NS(=O)(=O)c2ccc(Cl)s2)cc1)N1CCN(C2CC2)c2ccccc21. The number of amides is 1. The van der Waals surface area contributed by atoms with E-state index in [1.807, 2.05) is 18.2 Å². The van der Waals surface area contributed by atoms with Gasteiger partial charge in [-0.25, -0.2) is 8.42 Å². The number of carbonyl (C=O) groups is 1. The monoisotopic (exact) mass is 473 g/mol. The van der Waals surface area contributed by atoms with Crippen LogP contribution in [0.4, 0.5) is 17.1 Å². The van der Waals surface area contributed by atoms with E-state index < -0.39 is 10.0 Å². The van der Waals surface area contributed by atoms with Crippen LogP contribution < -0.4 is 14.5 Å². The van der Waals surface area contributed by atoms with E-state index in [2.05, 4.69) is 15.7 Å². The summed E-state index contributed by atoms with van der Waals surface area (Å²) in [5.41, 5.74) is 2.92. The van der Waals surface area contributed by atoms with Crippen molar-refractivity contribution >= 4 is 55.9 Å². The van der Waals surface area contributed by atoms with Gasteiger partial charge in [0.2, 0.25) is 0 Å². The van der Waals surface area contributed by atoms with E-state index in [1.54, 1.807) is 35.2 Å². The molecule has 160 valence electrons. The summed E-state index contributed by atoms with van der Waals surface area (Å²) in [6.45, 7) is 1.44. The van der Waals surface area contributed by atoms with Gasteiger partial charge in [0.1, 0.15) is 4.21 Å². The Morgan fingerprint density at radius 3 is 2.32 bits per heavy atom. The molecule has 0 unspecified atom stereocenters. The van der Waals surface area contributed by atoms with E-state index in [0.29, 0.717) is 28.2 Å². The van der Waals surface area contributed by atoms with E-state index in [-0.39, 0.29) is 10.1 Å². The summed E-state index contributed by atoms with van der Waals surface area (Å²) in [5.74, 6) is -0.0951. The topological polar surface area (TPSA) is 69.7 Å². The number of thiophene rings is 1. The Morgan fingerprint density at radius 1 is 0.968 bits per heavy atom. The number of benzene rings is 2. The largest absolute Gasteiger partial charge is 0.365 e. The van der Waals surface area contributed by atoms with Gasteiger partial charge in [-0.05, 0) is 61.4 Å². The van der Waals surface area contributed by atoms with Gasteiger partial charge in [-0.1, -0.05) is 23.7 Å². The molecule has 2 heterocycles. The van der Waals surface area contributed by atoms with Crippen molar-refractivity contribution in [3.05, 3.63) is 70.6 Å². The van der Waals surface area contributed by atoms with Gasteiger partial charge >= 0.3 is 0 Å². The molecule has 1 saturated carbocycles. The van der Waals surface area contributed by atoms with Crippen molar-refractivity contribution in [3.8, 4) is 0 Å². The molecular formula is C22H20ClN3O3S2. The number of nitrogens with one attached hydrogen (secondary N) is 1. The minimum absolute atomic E-state index is 0.0951. The molecule has 9 heteroatoms. The molecule has 2 aliphatic rings. The van der Waals surface area contributed by atoms with Crippen molar-refractivity contribution in [3.63, 3.8) is 0 Å². The first-order valence-electron chi connectivity index (χ1n) is 9.98. The number of hydrogen-bond donors (Lipinski definition) is 1. The number of para-hydroxylation sites is 2. The lowest BCUT2D eigenvalue weighted by atomic mass is 10.1. The van der Waals surface area contributed by atoms with Crippen molar-refractivity contribution in [1.82, 2.24) is 0 Å². The fourth-order valence-corrected chi connectivity index (χ4v) is 6.39. The van der Waals surface area contributed by atoms with Crippen molar-refractivity contribution in [1.29, 1.82) is 0 Å². The molecule has 0 atom stereocenters. The number of rotatable bonds is 5. The van der Waals surface area contributed by atoms with E-state index in [4.69, 9.17) is 11.6 Å². The molecule has 5 rings (SSSR count). The predicted molar refractivity (Wildman–Crippen MR) is 125 cm³/mol. The Morgan fingerprint density at radius 2 is 1.68 bits per heavy atom. The van der Waals surface area contributed by atoms with Gasteiger partial charge < -0.3 is 9.80 Å². The van der Waals surface area contributed by atoms with E-state index in [0.717, 1.165) is 29.3 Å². The van der Waals surface area contributed by atoms with Crippen LogP contribution in [0.25, 0.3) is 0 Å². The Bertz CT molecular complexity index is 1240. The van der Waals surface area contributed by atoms with Crippen LogP contribution in [0.1, 0.15) is 23.2 Å². The highest BCUT2D eigenvalue weighted by atomic mass is 35.5. The molecule has 0 spiro atoms. The zero-order valence-corrected chi connectivity index (χ0v) is 18.9. The second-order valence-electron chi connectivity index (χ2n) is 7.61. The number of nitrogens with zero attached hydrogens (tertiary/aromatic N) is 2. The lowest BCUT2D eigenvalue weighted by molar-refractivity contribution is 0.0986. The molecule has 0 bridgehead atoms. The van der Waals surface area contributed by atoms with Crippen LogP contribution in [0.5, 0.6) is 0 Å². The van der Waals surface area contributed by atoms with Gasteiger partial charge in [-0.2, -0.15) is 0 Å². The molecule has 31 heavy (non-hydrogen) atoms. The summed E-state index contributed by atoms with van der Waals surface area (Å²) in [4.78, 5) is 17.4. The summed E-state index contributed by atoms with van der Waals surface area (Å²) in [6, 6.07) is 18.1. The fraction of sp³-hybridized carbons (Fsp3) is 0.227. The predicted octanol–water partition coefficient (Wildman–Crippen LogP) is 4.83. The summed E-state index contributed by atoms with van der Waals surface area (Å²) in [5, 5.41) is 0. The average Bonchev–Trinajstić information content (AvgIpc) is 3.52. The highest BCUT2D eigenvalue weighted by Gasteiger charge is 2.35. The molecule has 0 saturated heterocycles. The van der Waals surface area contributed by atoms with Crippen LogP contribution in [0.2, 0.25) is 4.34 Å². The first-order valence-corrected chi connectivity index (χ1v) is 12.7. The second-order valence-corrected chi connectivity index (χ2v) is 11.2. The number of halogens is 1.